The van der Waals surface area contributed by atoms with E-state index in [1.54, 1.807) is 0 Å². The van der Waals surface area contributed by atoms with Crippen LogP contribution in [0.4, 0.5) is 4.79 Å². The predicted molar refractivity (Wildman–Crippen MR) is 96.7 cm³/mol. The first-order valence-electron chi connectivity index (χ1n) is 8.44. The van der Waals surface area contributed by atoms with Crippen LogP contribution in [0.5, 0.6) is 0 Å². The molecule has 23 heavy (non-hydrogen) atoms. The van der Waals surface area contributed by atoms with Gasteiger partial charge in [0.2, 0.25) is 0 Å². The maximum absolute atomic E-state index is 12.7. The first-order chi connectivity index (χ1) is 11.1. The zero-order valence-electron chi connectivity index (χ0n) is 14.1. The number of rotatable bonds is 6. The number of nitrogens with zero attached hydrogens (tertiary/aromatic N) is 1. The Kier molecular flexibility index (Phi) is 7.24. The highest BCUT2D eigenvalue weighted by Gasteiger charge is 2.27. The van der Waals surface area contributed by atoms with Crippen LogP contribution in [0.2, 0.25) is 0 Å². The van der Waals surface area contributed by atoms with Crippen molar-refractivity contribution in [1.29, 1.82) is 0 Å². The molecule has 2 atom stereocenters. The standard InChI is InChI=1S/C18H28N2O2S/c1-14(2)17-13-20(10-12-23-17)18(22)19-16(9-6-11-21)15-7-4-3-5-8-15/h3-5,7-8,14,16-17,21H,6,9-13H2,1-2H3,(H,19,22). The van der Waals surface area contributed by atoms with Crippen molar-refractivity contribution in [2.24, 2.45) is 5.92 Å². The lowest BCUT2D eigenvalue weighted by Crippen LogP contribution is -2.48. The van der Waals surface area contributed by atoms with Crippen LogP contribution in [-0.4, -0.2) is 46.7 Å². The first-order valence-corrected chi connectivity index (χ1v) is 9.49. The monoisotopic (exact) mass is 336 g/mol. The normalized spacial score (nSPS) is 19.7. The fourth-order valence-electron chi connectivity index (χ4n) is 2.81. The highest BCUT2D eigenvalue weighted by Crippen LogP contribution is 2.25. The Bertz CT molecular complexity index is 481. The molecule has 2 rings (SSSR count). The largest absolute Gasteiger partial charge is 0.396 e. The third kappa shape index (κ3) is 5.43. The molecule has 1 saturated heterocycles. The highest BCUT2D eigenvalue weighted by molar-refractivity contribution is 8.00. The van der Waals surface area contributed by atoms with Gasteiger partial charge in [0.1, 0.15) is 0 Å². The molecular formula is C18H28N2O2S. The minimum Gasteiger partial charge on any atom is -0.396 e. The number of hydrogen-bond acceptors (Lipinski definition) is 3. The molecule has 4 nitrogen and oxygen atoms in total. The van der Waals surface area contributed by atoms with Crippen LogP contribution in [0.15, 0.2) is 30.3 Å². The number of benzene rings is 1. The number of hydrogen-bond donors (Lipinski definition) is 2. The van der Waals surface area contributed by atoms with Crippen molar-refractivity contribution >= 4 is 17.8 Å². The number of nitrogens with one attached hydrogen (secondary N) is 1. The van der Waals surface area contributed by atoms with E-state index < -0.39 is 0 Å². The number of amides is 2. The molecular weight excluding hydrogens is 308 g/mol. The van der Waals surface area contributed by atoms with Crippen molar-refractivity contribution in [3.63, 3.8) is 0 Å². The van der Waals surface area contributed by atoms with Crippen LogP contribution in [0.3, 0.4) is 0 Å². The number of aliphatic hydroxyl groups excluding tert-OH is 1. The highest BCUT2D eigenvalue weighted by atomic mass is 32.2. The number of urea groups is 1. The lowest BCUT2D eigenvalue weighted by molar-refractivity contribution is 0.191. The molecule has 0 aliphatic carbocycles. The van der Waals surface area contributed by atoms with Crippen molar-refractivity contribution in [3.05, 3.63) is 35.9 Å². The Balaban J connectivity index is 1.99. The summed E-state index contributed by atoms with van der Waals surface area (Å²) in [4.78, 5) is 14.6. The fraction of sp³-hybridized carbons (Fsp3) is 0.611. The molecule has 0 radical (unpaired) electrons. The van der Waals surface area contributed by atoms with Gasteiger partial charge in [0.15, 0.2) is 0 Å². The lowest BCUT2D eigenvalue weighted by Gasteiger charge is -2.35. The molecule has 0 spiro atoms. The number of aliphatic hydroxyl groups is 1. The van der Waals surface area contributed by atoms with Gasteiger partial charge in [-0.1, -0.05) is 44.2 Å². The average Bonchev–Trinajstić information content (AvgIpc) is 2.59. The van der Waals surface area contributed by atoms with Gasteiger partial charge in [0.05, 0.1) is 6.04 Å². The van der Waals surface area contributed by atoms with Crippen LogP contribution in [0, 0.1) is 5.92 Å². The Morgan fingerprint density at radius 2 is 2.13 bits per heavy atom. The van der Waals surface area contributed by atoms with Gasteiger partial charge in [0, 0.05) is 30.7 Å². The zero-order valence-corrected chi connectivity index (χ0v) is 14.9. The Labute approximate surface area is 143 Å². The van der Waals surface area contributed by atoms with E-state index >= 15 is 0 Å². The molecule has 1 fully saturated rings. The van der Waals surface area contributed by atoms with Crippen molar-refractivity contribution < 1.29 is 9.90 Å². The van der Waals surface area contributed by atoms with Crippen LogP contribution in [-0.2, 0) is 0 Å². The van der Waals surface area contributed by atoms with Crippen LogP contribution in [0.1, 0.15) is 38.3 Å². The zero-order chi connectivity index (χ0) is 16.7. The first kappa shape index (κ1) is 18.1. The molecule has 0 aromatic heterocycles. The van der Waals surface area contributed by atoms with Crippen LogP contribution >= 0.6 is 11.8 Å². The second-order valence-electron chi connectivity index (χ2n) is 6.38. The van der Waals surface area contributed by atoms with Gasteiger partial charge in [-0.2, -0.15) is 11.8 Å². The van der Waals surface area contributed by atoms with Gasteiger partial charge >= 0.3 is 6.03 Å². The predicted octanol–water partition coefficient (Wildman–Crippen LogP) is 3.28. The number of thioether (sulfide) groups is 1. The van der Waals surface area contributed by atoms with Gasteiger partial charge < -0.3 is 15.3 Å². The minimum atomic E-state index is -0.0390. The van der Waals surface area contributed by atoms with Crippen molar-refractivity contribution in [1.82, 2.24) is 10.2 Å². The second kappa shape index (κ2) is 9.18. The summed E-state index contributed by atoms with van der Waals surface area (Å²) in [5.74, 6) is 1.58. The second-order valence-corrected chi connectivity index (χ2v) is 7.72. The molecule has 1 aliphatic heterocycles. The molecule has 1 aromatic carbocycles. The van der Waals surface area contributed by atoms with Gasteiger partial charge in [0.25, 0.3) is 0 Å². The Hall–Kier alpha value is -1.20. The summed E-state index contributed by atoms with van der Waals surface area (Å²) in [5.41, 5.74) is 1.10. The van der Waals surface area contributed by atoms with E-state index in [0.29, 0.717) is 17.6 Å². The quantitative estimate of drug-likeness (QED) is 0.838. The molecule has 2 unspecified atom stereocenters. The SMILES string of the molecule is CC(C)C1CN(C(=O)NC(CCCO)c2ccccc2)CCS1. The van der Waals surface area contributed by atoms with Gasteiger partial charge in [-0.05, 0) is 24.3 Å². The summed E-state index contributed by atoms with van der Waals surface area (Å²) in [7, 11) is 0. The van der Waals surface area contributed by atoms with E-state index in [4.69, 9.17) is 5.11 Å². The van der Waals surface area contributed by atoms with E-state index in [-0.39, 0.29) is 18.7 Å². The summed E-state index contributed by atoms with van der Waals surface area (Å²) < 4.78 is 0. The van der Waals surface area contributed by atoms with Crippen molar-refractivity contribution in [3.8, 4) is 0 Å². The summed E-state index contributed by atoms with van der Waals surface area (Å²) in [6.07, 6.45) is 1.44. The lowest BCUT2D eigenvalue weighted by atomic mass is 10.0. The molecule has 0 saturated carbocycles. The molecule has 128 valence electrons. The Morgan fingerprint density at radius 1 is 1.39 bits per heavy atom. The summed E-state index contributed by atoms with van der Waals surface area (Å²) in [6, 6.07) is 9.99. The molecule has 5 heteroatoms. The van der Waals surface area contributed by atoms with Gasteiger partial charge in [-0.15, -0.1) is 0 Å². The summed E-state index contributed by atoms with van der Waals surface area (Å²) in [5, 5.41) is 12.8. The van der Waals surface area contributed by atoms with Crippen molar-refractivity contribution in [2.75, 3.05) is 25.4 Å². The third-order valence-corrected chi connectivity index (χ3v) is 5.81. The van der Waals surface area contributed by atoms with E-state index in [1.165, 1.54) is 0 Å². The Morgan fingerprint density at radius 3 is 2.78 bits per heavy atom. The van der Waals surface area contributed by atoms with Crippen molar-refractivity contribution in [2.45, 2.75) is 38.0 Å². The van der Waals surface area contributed by atoms with Crippen LogP contribution < -0.4 is 5.32 Å². The van der Waals surface area contributed by atoms with E-state index in [9.17, 15) is 4.79 Å². The molecule has 1 aromatic rings. The minimum absolute atomic E-state index is 0.0164. The number of carbonyl (C=O) groups is 1. The summed E-state index contributed by atoms with van der Waals surface area (Å²) >= 11 is 1.97. The maximum atomic E-state index is 12.7. The smallest absolute Gasteiger partial charge is 0.317 e. The molecule has 1 heterocycles. The third-order valence-electron chi connectivity index (χ3n) is 4.27. The molecule has 0 bridgehead atoms. The van der Waals surface area contributed by atoms with E-state index in [1.807, 2.05) is 47.0 Å². The maximum Gasteiger partial charge on any atom is 0.317 e. The van der Waals surface area contributed by atoms with Crippen LogP contribution in [0.25, 0.3) is 0 Å². The van der Waals surface area contributed by atoms with E-state index in [0.717, 1.165) is 30.8 Å². The van der Waals surface area contributed by atoms with E-state index in [2.05, 4.69) is 19.2 Å². The average molecular weight is 337 g/mol. The fourth-order valence-corrected chi connectivity index (χ4v) is 4.11. The van der Waals surface area contributed by atoms with Gasteiger partial charge in [-0.25, -0.2) is 4.79 Å². The molecule has 2 amide bonds. The molecule has 2 N–H and O–H groups in total. The van der Waals surface area contributed by atoms with Gasteiger partial charge in [-0.3, -0.25) is 0 Å². The molecule has 1 aliphatic rings. The topological polar surface area (TPSA) is 52.6 Å². The number of carbonyl (C=O) groups excluding carboxylic acids is 1. The summed E-state index contributed by atoms with van der Waals surface area (Å²) in [6.45, 7) is 6.20.